The number of ketones is 2. The van der Waals surface area contributed by atoms with E-state index in [2.05, 4.69) is 4.98 Å². The maximum Gasteiger partial charge on any atom is 0.347 e. The fraction of sp³-hybridized carbons (Fsp3) is 0.268. The van der Waals surface area contributed by atoms with E-state index in [-0.39, 0.29) is 72.3 Å². The lowest BCUT2D eigenvalue weighted by Crippen LogP contribution is -2.40. The van der Waals surface area contributed by atoms with Crippen molar-refractivity contribution < 1.29 is 28.9 Å². The molecular formula is C41H37N5O9. The third-order valence-corrected chi connectivity index (χ3v) is 10.7. The second-order valence-electron chi connectivity index (χ2n) is 13.8. The van der Waals surface area contributed by atoms with E-state index in [4.69, 9.17) is 14.2 Å². The van der Waals surface area contributed by atoms with Gasteiger partial charge in [0.2, 0.25) is 0 Å². The third kappa shape index (κ3) is 5.81. The van der Waals surface area contributed by atoms with Crippen LogP contribution in [0.2, 0.25) is 0 Å². The van der Waals surface area contributed by atoms with Gasteiger partial charge in [-0.25, -0.2) is 28.5 Å². The standard InChI is InChI=1S/C41H37N5O9/c1-22-16-32(47)27-18-30-25(36(37(27)38(22)49)26-11-10-24(17-33(26)48)55-21-23-8-6-5-7-9-23)12-15-45-40(51)44(41(52)46(30)45)14-13-28-39(50)43(2)31-20-35(54-4)34(53-3)19-29(31)42-28/h5-12,16-17,19-20,30,36,48H,13-15,18,21H2,1-4H3/t30-,36-/m1/s1. The Kier molecular flexibility index (Phi) is 8.75. The van der Waals surface area contributed by atoms with Crippen molar-refractivity contribution in [1.29, 1.82) is 0 Å². The smallest absolute Gasteiger partial charge is 0.347 e. The summed E-state index contributed by atoms with van der Waals surface area (Å²) in [5, 5.41) is 11.5. The highest BCUT2D eigenvalue weighted by molar-refractivity contribution is 6.23. The molecule has 280 valence electrons. The van der Waals surface area contributed by atoms with Crippen molar-refractivity contribution in [3.8, 4) is 23.0 Å². The Labute approximate surface area is 313 Å². The fourth-order valence-electron chi connectivity index (χ4n) is 7.92. The number of methoxy groups -OCH3 is 2. The number of Topliss-reactive ketones (excluding diaryl/α,β-unsaturated/α-hetero) is 1. The van der Waals surface area contributed by atoms with Crippen LogP contribution in [-0.4, -0.2) is 54.4 Å². The van der Waals surface area contributed by atoms with Crippen LogP contribution in [0.4, 0.5) is 0 Å². The van der Waals surface area contributed by atoms with Crippen LogP contribution in [0.3, 0.4) is 0 Å². The Hall–Kier alpha value is -6.70. The number of rotatable bonds is 9. The highest BCUT2D eigenvalue weighted by atomic mass is 16.5. The quantitative estimate of drug-likeness (QED) is 0.174. The molecule has 2 aromatic heterocycles. The molecule has 5 aromatic rings. The second-order valence-corrected chi connectivity index (χ2v) is 13.8. The molecule has 0 unspecified atom stereocenters. The van der Waals surface area contributed by atoms with Gasteiger partial charge < -0.3 is 23.9 Å². The van der Waals surface area contributed by atoms with Gasteiger partial charge in [-0.05, 0) is 30.2 Å². The highest BCUT2D eigenvalue weighted by Gasteiger charge is 2.45. The summed E-state index contributed by atoms with van der Waals surface area (Å²) in [6.07, 6.45) is 3.05. The largest absolute Gasteiger partial charge is 0.507 e. The first kappa shape index (κ1) is 35.3. The number of aromatic hydroxyl groups is 1. The first-order valence-corrected chi connectivity index (χ1v) is 17.7. The number of hydrogen-bond donors (Lipinski definition) is 1. The first-order valence-electron chi connectivity index (χ1n) is 17.7. The SMILES string of the molecule is COc1cc2nc(CCn3c(=O)n4n(c3=O)[C@@H]3CC5=C(C(=O)C(C)=CC5=O)[C@@H](c5ccc(OCc6ccccc6)cc5O)C3=CC4)c(=O)n(C)c2cc1OC. The topological polar surface area (TPSA) is 166 Å². The number of allylic oxidation sites excluding steroid dienone is 6. The summed E-state index contributed by atoms with van der Waals surface area (Å²) in [6.45, 7) is 1.71. The number of nitrogens with zero attached hydrogens (tertiary/aromatic N) is 5. The van der Waals surface area contributed by atoms with Crippen LogP contribution in [0.15, 0.2) is 109 Å². The lowest BCUT2D eigenvalue weighted by atomic mass is 9.67. The Morgan fingerprint density at radius 1 is 0.927 bits per heavy atom. The van der Waals surface area contributed by atoms with Crippen molar-refractivity contribution in [2.45, 2.75) is 51.4 Å². The van der Waals surface area contributed by atoms with Gasteiger partial charge in [-0.1, -0.05) is 42.5 Å². The van der Waals surface area contributed by atoms with Crippen LogP contribution in [0.5, 0.6) is 23.0 Å². The van der Waals surface area contributed by atoms with Crippen LogP contribution >= 0.6 is 0 Å². The van der Waals surface area contributed by atoms with Gasteiger partial charge in [-0.3, -0.25) is 14.4 Å². The van der Waals surface area contributed by atoms with E-state index in [1.807, 2.05) is 30.3 Å². The van der Waals surface area contributed by atoms with Crippen molar-refractivity contribution in [2.75, 3.05) is 14.2 Å². The predicted octanol–water partition coefficient (Wildman–Crippen LogP) is 3.67. The molecule has 1 aliphatic heterocycles. The third-order valence-electron chi connectivity index (χ3n) is 10.7. The van der Waals surface area contributed by atoms with Crippen LogP contribution in [0, 0.1) is 0 Å². The van der Waals surface area contributed by atoms with Crippen molar-refractivity contribution in [2.24, 2.45) is 7.05 Å². The number of aryl methyl sites for hydroxylation is 2. The van der Waals surface area contributed by atoms with Crippen LogP contribution < -0.4 is 31.1 Å². The van der Waals surface area contributed by atoms with Gasteiger partial charge >= 0.3 is 11.4 Å². The molecule has 14 nitrogen and oxygen atoms in total. The molecule has 0 amide bonds. The monoisotopic (exact) mass is 743 g/mol. The number of fused-ring (bicyclic) bond motifs is 4. The van der Waals surface area contributed by atoms with Crippen molar-refractivity contribution >= 4 is 22.6 Å². The maximum absolute atomic E-state index is 14.2. The lowest BCUT2D eigenvalue weighted by molar-refractivity contribution is -0.116. The minimum absolute atomic E-state index is 0.000369. The molecule has 3 aromatic carbocycles. The Morgan fingerprint density at radius 2 is 1.67 bits per heavy atom. The normalized spacial score (nSPS) is 17.7. The summed E-state index contributed by atoms with van der Waals surface area (Å²) < 4.78 is 21.8. The molecule has 8 rings (SSSR count). The summed E-state index contributed by atoms with van der Waals surface area (Å²) in [5.41, 5.74) is 2.17. The predicted molar refractivity (Wildman–Crippen MR) is 201 cm³/mol. The van der Waals surface area contributed by atoms with E-state index in [0.29, 0.717) is 39.4 Å². The molecule has 0 saturated heterocycles. The van der Waals surface area contributed by atoms with Crippen molar-refractivity contribution in [3.05, 3.63) is 143 Å². The molecule has 3 aliphatic rings. The Balaban J connectivity index is 1.15. The number of phenolic OH excluding ortho intramolecular Hbond substituents is 1. The molecule has 2 aliphatic carbocycles. The van der Waals surface area contributed by atoms with Gasteiger partial charge in [-0.2, -0.15) is 0 Å². The highest BCUT2D eigenvalue weighted by Crippen LogP contribution is 2.51. The van der Waals surface area contributed by atoms with E-state index in [9.17, 15) is 29.1 Å². The van der Waals surface area contributed by atoms with Gasteiger partial charge in [0.15, 0.2) is 23.1 Å². The molecule has 0 radical (unpaired) electrons. The van der Waals surface area contributed by atoms with Gasteiger partial charge in [0.1, 0.15) is 23.8 Å². The zero-order valence-corrected chi connectivity index (χ0v) is 30.6. The molecule has 0 bridgehead atoms. The summed E-state index contributed by atoms with van der Waals surface area (Å²) in [7, 11) is 4.59. The van der Waals surface area contributed by atoms with Crippen molar-refractivity contribution in [1.82, 2.24) is 23.5 Å². The number of benzene rings is 3. The molecule has 0 saturated carbocycles. The lowest BCUT2D eigenvalue weighted by Gasteiger charge is -2.39. The van der Waals surface area contributed by atoms with Crippen molar-refractivity contribution in [3.63, 3.8) is 0 Å². The second kappa shape index (κ2) is 13.6. The Morgan fingerprint density at radius 3 is 2.40 bits per heavy atom. The summed E-state index contributed by atoms with van der Waals surface area (Å²) in [6, 6.07) is 16.9. The van der Waals surface area contributed by atoms with E-state index < -0.39 is 28.9 Å². The molecule has 1 N–H and O–H groups in total. The van der Waals surface area contributed by atoms with Crippen LogP contribution in [-0.2, 0) is 42.8 Å². The molecule has 55 heavy (non-hydrogen) atoms. The molecular weight excluding hydrogens is 706 g/mol. The van der Waals surface area contributed by atoms with Crippen LogP contribution in [0.25, 0.3) is 11.0 Å². The summed E-state index contributed by atoms with van der Waals surface area (Å²) >= 11 is 0. The molecule has 3 heterocycles. The number of ether oxygens (including phenoxy) is 3. The number of aromatic nitrogens is 5. The van der Waals surface area contributed by atoms with Gasteiger partial charge in [0, 0.05) is 72.8 Å². The zero-order chi connectivity index (χ0) is 38.7. The number of hydrogen-bond acceptors (Lipinski definition) is 10. The molecule has 0 spiro atoms. The van der Waals surface area contributed by atoms with Gasteiger partial charge in [0.05, 0.1) is 37.8 Å². The maximum atomic E-state index is 14.2. The zero-order valence-electron chi connectivity index (χ0n) is 30.6. The first-order chi connectivity index (χ1) is 26.5. The number of phenols is 1. The van der Waals surface area contributed by atoms with Crippen LogP contribution in [0.1, 0.15) is 42.1 Å². The number of carbonyl (C=O) groups is 2. The van der Waals surface area contributed by atoms with Gasteiger partial charge in [0.25, 0.3) is 5.56 Å². The van der Waals surface area contributed by atoms with E-state index in [1.54, 1.807) is 44.3 Å². The summed E-state index contributed by atoms with van der Waals surface area (Å²) in [5.74, 6) is -0.443. The average molecular weight is 744 g/mol. The minimum atomic E-state index is -0.878. The molecule has 0 fully saturated rings. The van der Waals surface area contributed by atoms with E-state index >= 15 is 0 Å². The summed E-state index contributed by atoms with van der Waals surface area (Å²) in [4.78, 5) is 73.4. The molecule has 14 heteroatoms. The van der Waals surface area contributed by atoms with E-state index in [1.165, 1.54) is 40.3 Å². The Bertz CT molecular complexity index is 2730. The fourth-order valence-corrected chi connectivity index (χ4v) is 7.92. The number of carbonyl (C=O) groups excluding carboxylic acids is 2. The van der Waals surface area contributed by atoms with Gasteiger partial charge in [-0.15, -0.1) is 0 Å². The minimum Gasteiger partial charge on any atom is -0.507 e. The van der Waals surface area contributed by atoms with E-state index in [0.717, 1.165) is 10.1 Å². The molecule has 2 atom stereocenters. The average Bonchev–Trinajstić information content (AvgIpc) is 3.44.